The van der Waals surface area contributed by atoms with Gasteiger partial charge in [-0.2, -0.15) is 26.3 Å². The van der Waals surface area contributed by atoms with Crippen LogP contribution in [0.3, 0.4) is 0 Å². The third-order valence-electron chi connectivity index (χ3n) is 1.16. The Labute approximate surface area is 76.1 Å². The predicted octanol–water partition coefficient (Wildman–Crippen LogP) is 2.92. The number of ether oxygens (including phenoxy) is 2. The van der Waals surface area contributed by atoms with Crippen LogP contribution in [0.5, 0.6) is 0 Å². The molecule has 1 aliphatic rings. The lowest BCUT2D eigenvalue weighted by molar-refractivity contribution is -0.354. The first-order chi connectivity index (χ1) is 6.43. The molecule has 0 aromatic rings. The van der Waals surface area contributed by atoms with Crippen LogP contribution in [0.15, 0.2) is 11.5 Å². The fourth-order valence-electron chi connectivity index (χ4n) is 0.724. The fraction of sp³-hybridized carbons (Fsp3) is 0.600. The van der Waals surface area contributed by atoms with Crippen molar-refractivity contribution < 1.29 is 44.6 Å². The summed E-state index contributed by atoms with van der Waals surface area (Å²) in [7, 11) is 0. The third kappa shape index (κ3) is 2.42. The molecule has 0 radical (unpaired) electrons. The summed E-state index contributed by atoms with van der Waals surface area (Å²) in [6.45, 7) is 0. The van der Waals surface area contributed by atoms with Crippen LogP contribution in [0.1, 0.15) is 0 Å². The maximum atomic E-state index is 12.0. The summed E-state index contributed by atoms with van der Waals surface area (Å²) in [5, 5.41) is 0. The topological polar surface area (TPSA) is 18.5 Å². The SMILES string of the molecule is FC1(F)OC(C(F)(F)F)=C(C(F)(F)F)O1. The highest BCUT2D eigenvalue weighted by Gasteiger charge is 2.61. The zero-order chi connectivity index (χ0) is 12.1. The van der Waals surface area contributed by atoms with Gasteiger partial charge < -0.3 is 9.47 Å². The van der Waals surface area contributed by atoms with Gasteiger partial charge in [-0.15, -0.1) is 8.78 Å². The Hall–Kier alpha value is -1.22. The number of alkyl halides is 8. The minimum Gasteiger partial charge on any atom is -0.390 e. The molecule has 0 saturated heterocycles. The van der Waals surface area contributed by atoms with Gasteiger partial charge in [-0.1, -0.05) is 0 Å². The van der Waals surface area contributed by atoms with Crippen molar-refractivity contribution in [2.24, 2.45) is 0 Å². The first-order valence-electron chi connectivity index (χ1n) is 3.08. The van der Waals surface area contributed by atoms with E-state index < -0.39 is 30.2 Å². The second-order valence-electron chi connectivity index (χ2n) is 2.32. The molecule has 15 heavy (non-hydrogen) atoms. The molecule has 0 amide bonds. The quantitative estimate of drug-likeness (QED) is 0.610. The van der Waals surface area contributed by atoms with Gasteiger partial charge in [-0.25, -0.2) is 0 Å². The molecule has 0 unspecified atom stereocenters. The second kappa shape index (κ2) is 2.89. The van der Waals surface area contributed by atoms with Crippen molar-refractivity contribution in [3.8, 4) is 0 Å². The molecule has 0 atom stereocenters. The van der Waals surface area contributed by atoms with Crippen LogP contribution in [-0.2, 0) is 9.47 Å². The molecule has 0 aromatic carbocycles. The highest BCUT2D eigenvalue weighted by molar-refractivity contribution is 5.15. The van der Waals surface area contributed by atoms with Crippen molar-refractivity contribution in [1.82, 2.24) is 0 Å². The average Bonchev–Trinajstić information content (AvgIpc) is 2.23. The minimum absolute atomic E-state index is 2.73. The first-order valence-corrected chi connectivity index (χ1v) is 3.08. The van der Waals surface area contributed by atoms with Crippen LogP contribution in [0.4, 0.5) is 35.1 Å². The van der Waals surface area contributed by atoms with Crippen molar-refractivity contribution in [2.45, 2.75) is 18.6 Å². The lowest BCUT2D eigenvalue weighted by atomic mass is 10.4. The lowest BCUT2D eigenvalue weighted by Gasteiger charge is -2.09. The van der Waals surface area contributed by atoms with E-state index in [-0.39, 0.29) is 0 Å². The van der Waals surface area contributed by atoms with E-state index in [0.717, 1.165) is 0 Å². The molecule has 0 fully saturated rings. The van der Waals surface area contributed by atoms with Crippen molar-refractivity contribution in [3.05, 3.63) is 11.5 Å². The van der Waals surface area contributed by atoms with Crippen LogP contribution in [0, 0.1) is 0 Å². The molecule has 0 saturated carbocycles. The zero-order valence-electron chi connectivity index (χ0n) is 6.34. The monoisotopic (exact) mass is 244 g/mol. The summed E-state index contributed by atoms with van der Waals surface area (Å²) >= 11 is 0. The molecule has 0 spiro atoms. The molecule has 0 N–H and O–H groups in total. The van der Waals surface area contributed by atoms with Gasteiger partial charge >= 0.3 is 18.6 Å². The second-order valence-corrected chi connectivity index (χ2v) is 2.32. The Balaban J connectivity index is 3.16. The Kier molecular flexibility index (Phi) is 2.28. The number of halogens is 8. The van der Waals surface area contributed by atoms with Gasteiger partial charge in [0.15, 0.2) is 0 Å². The highest BCUT2D eigenvalue weighted by Crippen LogP contribution is 2.47. The van der Waals surface area contributed by atoms with Gasteiger partial charge in [-0.3, -0.25) is 0 Å². The van der Waals surface area contributed by atoms with E-state index >= 15 is 0 Å². The number of rotatable bonds is 0. The predicted molar refractivity (Wildman–Crippen MR) is 26.3 cm³/mol. The summed E-state index contributed by atoms with van der Waals surface area (Å²) in [6, 6.07) is 0. The fourth-order valence-corrected chi connectivity index (χ4v) is 0.724. The molecule has 2 nitrogen and oxygen atoms in total. The van der Waals surface area contributed by atoms with Crippen molar-refractivity contribution in [3.63, 3.8) is 0 Å². The van der Waals surface area contributed by atoms with Gasteiger partial charge in [0.2, 0.25) is 0 Å². The molecule has 1 rings (SSSR count). The zero-order valence-corrected chi connectivity index (χ0v) is 6.34. The van der Waals surface area contributed by atoms with Crippen molar-refractivity contribution in [1.29, 1.82) is 0 Å². The van der Waals surface area contributed by atoms with Crippen LogP contribution >= 0.6 is 0 Å². The van der Waals surface area contributed by atoms with Gasteiger partial charge in [0.1, 0.15) is 0 Å². The van der Waals surface area contributed by atoms with E-state index in [2.05, 4.69) is 9.47 Å². The molecule has 10 heteroatoms. The summed E-state index contributed by atoms with van der Waals surface area (Å²) in [5.74, 6) is -5.78. The van der Waals surface area contributed by atoms with E-state index in [1.165, 1.54) is 0 Å². The largest absolute Gasteiger partial charge is 0.586 e. The Morgan fingerprint density at radius 2 is 1.00 bits per heavy atom. The summed E-state index contributed by atoms with van der Waals surface area (Å²) in [6.07, 6.45) is -16.4. The molecule has 0 bridgehead atoms. The maximum absolute atomic E-state index is 12.0. The smallest absolute Gasteiger partial charge is 0.390 e. The van der Waals surface area contributed by atoms with Crippen LogP contribution in [-0.4, -0.2) is 18.6 Å². The Morgan fingerprint density at radius 1 is 0.733 bits per heavy atom. The highest BCUT2D eigenvalue weighted by atomic mass is 19.4. The van der Waals surface area contributed by atoms with Crippen molar-refractivity contribution >= 4 is 0 Å². The first kappa shape index (κ1) is 11.9. The molecular weight excluding hydrogens is 244 g/mol. The van der Waals surface area contributed by atoms with E-state index in [9.17, 15) is 35.1 Å². The van der Waals surface area contributed by atoms with Crippen LogP contribution in [0.2, 0.25) is 0 Å². The summed E-state index contributed by atoms with van der Waals surface area (Å²) in [4.78, 5) is 0. The standard InChI is InChI=1S/C5F8O2/c6-3(7,8)1-2(4(9,10)11)15-5(12,13)14-1. The van der Waals surface area contributed by atoms with Crippen LogP contribution in [0.25, 0.3) is 0 Å². The number of hydrogen-bond donors (Lipinski definition) is 0. The lowest BCUT2D eigenvalue weighted by Crippen LogP contribution is -2.21. The molecule has 1 heterocycles. The molecule has 88 valence electrons. The number of allylic oxidation sites excluding steroid dienone is 2. The third-order valence-corrected chi connectivity index (χ3v) is 1.16. The normalized spacial score (nSPS) is 21.3. The minimum atomic E-state index is -5.70. The van der Waals surface area contributed by atoms with Crippen LogP contribution < -0.4 is 0 Å². The van der Waals surface area contributed by atoms with Gasteiger partial charge in [0.05, 0.1) is 0 Å². The van der Waals surface area contributed by atoms with Gasteiger partial charge in [0, 0.05) is 0 Å². The van der Waals surface area contributed by atoms with Gasteiger partial charge in [-0.05, 0) is 0 Å². The van der Waals surface area contributed by atoms with Gasteiger partial charge in [0.25, 0.3) is 11.5 Å². The summed E-state index contributed by atoms with van der Waals surface area (Å²) in [5.41, 5.74) is 0. The van der Waals surface area contributed by atoms with E-state index in [0.29, 0.717) is 0 Å². The maximum Gasteiger partial charge on any atom is 0.586 e. The van der Waals surface area contributed by atoms with Crippen molar-refractivity contribution in [2.75, 3.05) is 0 Å². The molecule has 1 aliphatic heterocycles. The van der Waals surface area contributed by atoms with E-state index in [4.69, 9.17) is 0 Å². The molecule has 0 aliphatic carbocycles. The molecular formula is C5F8O2. The van der Waals surface area contributed by atoms with E-state index in [1.807, 2.05) is 0 Å². The Bertz CT molecular complexity index is 269. The average molecular weight is 244 g/mol. The summed E-state index contributed by atoms with van der Waals surface area (Å²) < 4.78 is 100. The van der Waals surface area contributed by atoms with E-state index in [1.54, 1.807) is 0 Å². The molecule has 0 aromatic heterocycles. The number of hydrogen-bond acceptors (Lipinski definition) is 2. The Morgan fingerprint density at radius 3 is 1.20 bits per heavy atom.